The second-order valence-electron chi connectivity index (χ2n) is 7.75. The van der Waals surface area contributed by atoms with Crippen LogP contribution < -0.4 is 19.8 Å². The van der Waals surface area contributed by atoms with Crippen molar-refractivity contribution in [1.29, 1.82) is 0 Å². The topological polar surface area (TPSA) is 57.9 Å². The normalized spacial score (nSPS) is 11.3. The molecule has 0 aliphatic carbocycles. The monoisotopic (exact) mass is 430 g/mol. The van der Waals surface area contributed by atoms with Gasteiger partial charge in [-0.3, -0.25) is 0 Å². The van der Waals surface area contributed by atoms with Gasteiger partial charge in [-0.2, -0.15) is 0 Å². The van der Waals surface area contributed by atoms with E-state index in [1.54, 1.807) is 13.2 Å². The molecule has 0 saturated heterocycles. The van der Waals surface area contributed by atoms with E-state index in [1.165, 1.54) is 38.5 Å². The van der Waals surface area contributed by atoms with Crippen molar-refractivity contribution in [3.05, 3.63) is 40.8 Å². The SMILES string of the molecule is CC/C=C/CCOc1c(OCCCCCCCCCC)c2ccc(OC)cc2oc1=O. The van der Waals surface area contributed by atoms with Crippen molar-refractivity contribution in [3.63, 3.8) is 0 Å². The molecule has 2 rings (SSSR count). The molecule has 2 aromatic rings. The minimum absolute atomic E-state index is 0.155. The van der Waals surface area contributed by atoms with Gasteiger partial charge in [0.2, 0.25) is 5.75 Å². The van der Waals surface area contributed by atoms with E-state index in [-0.39, 0.29) is 5.75 Å². The highest BCUT2D eigenvalue weighted by Gasteiger charge is 2.18. The van der Waals surface area contributed by atoms with Gasteiger partial charge in [0.1, 0.15) is 11.3 Å². The summed E-state index contributed by atoms with van der Waals surface area (Å²) < 4.78 is 22.6. The Morgan fingerprint density at radius 1 is 0.871 bits per heavy atom. The Morgan fingerprint density at radius 3 is 2.29 bits per heavy atom. The van der Waals surface area contributed by atoms with Crippen LogP contribution in [0.5, 0.6) is 17.2 Å². The molecule has 172 valence electrons. The summed E-state index contributed by atoms with van der Waals surface area (Å²) in [5, 5.41) is 0.721. The predicted molar refractivity (Wildman–Crippen MR) is 127 cm³/mol. The average Bonchev–Trinajstić information content (AvgIpc) is 2.78. The maximum Gasteiger partial charge on any atom is 0.383 e. The van der Waals surface area contributed by atoms with Gasteiger partial charge in [-0.1, -0.05) is 70.9 Å². The molecule has 0 unspecified atom stereocenters. The fourth-order valence-corrected chi connectivity index (χ4v) is 3.45. The molecule has 31 heavy (non-hydrogen) atoms. The number of rotatable bonds is 16. The largest absolute Gasteiger partial charge is 0.497 e. The van der Waals surface area contributed by atoms with Crippen LogP contribution in [-0.2, 0) is 0 Å². The second-order valence-corrected chi connectivity index (χ2v) is 7.75. The molecule has 5 nitrogen and oxygen atoms in total. The first-order valence-corrected chi connectivity index (χ1v) is 11.8. The summed E-state index contributed by atoms with van der Waals surface area (Å²) in [5.74, 6) is 1.25. The molecule has 0 atom stereocenters. The first-order chi connectivity index (χ1) is 15.2. The van der Waals surface area contributed by atoms with Gasteiger partial charge in [-0.25, -0.2) is 4.79 Å². The van der Waals surface area contributed by atoms with Gasteiger partial charge in [-0.15, -0.1) is 0 Å². The van der Waals surface area contributed by atoms with Crippen LogP contribution in [0.2, 0.25) is 0 Å². The molecule has 0 N–H and O–H groups in total. The van der Waals surface area contributed by atoms with Crippen LogP contribution in [0, 0.1) is 0 Å². The van der Waals surface area contributed by atoms with Crippen LogP contribution in [-0.4, -0.2) is 20.3 Å². The molecule has 0 bridgehead atoms. The number of hydrogen-bond donors (Lipinski definition) is 0. The van der Waals surface area contributed by atoms with Gasteiger partial charge in [0, 0.05) is 6.07 Å². The van der Waals surface area contributed by atoms with Crippen molar-refractivity contribution in [2.75, 3.05) is 20.3 Å². The Kier molecular flexibility index (Phi) is 11.7. The summed E-state index contributed by atoms with van der Waals surface area (Å²) in [4.78, 5) is 12.6. The van der Waals surface area contributed by atoms with E-state index in [2.05, 4.69) is 26.0 Å². The lowest BCUT2D eigenvalue weighted by molar-refractivity contribution is 0.258. The molecular formula is C26H38O5. The summed E-state index contributed by atoms with van der Waals surface area (Å²) in [7, 11) is 1.58. The maximum absolute atomic E-state index is 12.6. The van der Waals surface area contributed by atoms with Crippen molar-refractivity contribution in [3.8, 4) is 17.2 Å². The third kappa shape index (κ3) is 8.31. The molecule has 0 amide bonds. The van der Waals surface area contributed by atoms with E-state index >= 15 is 0 Å². The Bertz CT molecular complexity index is 853. The number of fused-ring (bicyclic) bond motifs is 1. The standard InChI is InChI=1S/C26H38O5/c1-4-6-8-10-11-12-13-15-18-29-24-22-17-16-21(28-3)20-23(22)31-26(27)25(24)30-19-14-9-7-5-2/h7,9,16-17,20H,4-6,8,10-15,18-19H2,1-3H3/b9-7+. The molecule has 1 aromatic carbocycles. The minimum atomic E-state index is -0.522. The smallest absolute Gasteiger partial charge is 0.383 e. The number of hydrogen-bond acceptors (Lipinski definition) is 5. The highest BCUT2D eigenvalue weighted by atomic mass is 16.5. The van der Waals surface area contributed by atoms with Crippen LogP contribution >= 0.6 is 0 Å². The average molecular weight is 431 g/mol. The van der Waals surface area contributed by atoms with Gasteiger partial charge >= 0.3 is 5.63 Å². The van der Waals surface area contributed by atoms with Crippen LogP contribution in [0.3, 0.4) is 0 Å². The van der Waals surface area contributed by atoms with Crippen molar-refractivity contribution < 1.29 is 18.6 Å². The third-order valence-electron chi connectivity index (χ3n) is 5.21. The number of methoxy groups -OCH3 is 1. The highest BCUT2D eigenvalue weighted by molar-refractivity contribution is 5.86. The van der Waals surface area contributed by atoms with Crippen molar-refractivity contribution >= 4 is 11.0 Å². The molecule has 1 aromatic heterocycles. The van der Waals surface area contributed by atoms with Crippen molar-refractivity contribution in [2.45, 2.75) is 78.1 Å². The molecule has 0 fully saturated rings. The molecule has 0 aliphatic heterocycles. The summed E-state index contributed by atoms with van der Waals surface area (Å²) in [6, 6.07) is 5.39. The maximum atomic E-state index is 12.6. The molecule has 5 heteroatoms. The predicted octanol–water partition coefficient (Wildman–Crippen LogP) is 7.06. The highest BCUT2D eigenvalue weighted by Crippen LogP contribution is 2.34. The molecule has 0 spiro atoms. The van der Waals surface area contributed by atoms with Crippen LogP contribution in [0.25, 0.3) is 11.0 Å². The fraction of sp³-hybridized carbons (Fsp3) is 0.577. The van der Waals surface area contributed by atoms with Gasteiger partial charge < -0.3 is 18.6 Å². The molecule has 0 saturated carbocycles. The van der Waals surface area contributed by atoms with Crippen molar-refractivity contribution in [2.24, 2.45) is 0 Å². The first-order valence-electron chi connectivity index (χ1n) is 11.8. The quantitative estimate of drug-likeness (QED) is 0.162. The number of allylic oxidation sites excluding steroid dienone is 1. The van der Waals surface area contributed by atoms with E-state index in [9.17, 15) is 4.79 Å². The summed E-state index contributed by atoms with van der Waals surface area (Å²) in [6.07, 6.45) is 15.6. The molecular weight excluding hydrogens is 392 g/mol. The van der Waals surface area contributed by atoms with E-state index < -0.39 is 5.63 Å². The second kappa shape index (κ2) is 14.6. The summed E-state index contributed by atoms with van der Waals surface area (Å²) in [6.45, 7) is 5.27. The molecule has 0 radical (unpaired) electrons. The van der Waals surface area contributed by atoms with Crippen LogP contribution in [0.15, 0.2) is 39.6 Å². The Labute approximate surface area is 186 Å². The van der Waals surface area contributed by atoms with E-state index in [0.29, 0.717) is 30.3 Å². The van der Waals surface area contributed by atoms with Gasteiger partial charge in [0.05, 0.1) is 25.7 Å². The minimum Gasteiger partial charge on any atom is -0.497 e. The van der Waals surface area contributed by atoms with E-state index in [1.807, 2.05) is 12.1 Å². The summed E-state index contributed by atoms with van der Waals surface area (Å²) >= 11 is 0. The lowest BCUT2D eigenvalue weighted by Gasteiger charge is -2.14. The Hall–Kier alpha value is -2.43. The third-order valence-corrected chi connectivity index (χ3v) is 5.21. The van der Waals surface area contributed by atoms with Crippen LogP contribution in [0.4, 0.5) is 0 Å². The fourth-order valence-electron chi connectivity index (χ4n) is 3.45. The first kappa shape index (κ1) is 24.8. The van der Waals surface area contributed by atoms with Crippen molar-refractivity contribution in [1.82, 2.24) is 0 Å². The van der Waals surface area contributed by atoms with Gasteiger partial charge in [0.25, 0.3) is 0 Å². The van der Waals surface area contributed by atoms with Gasteiger partial charge in [0.15, 0.2) is 5.75 Å². The lowest BCUT2D eigenvalue weighted by atomic mass is 10.1. The number of unbranched alkanes of at least 4 members (excludes halogenated alkanes) is 7. The van der Waals surface area contributed by atoms with E-state index in [4.69, 9.17) is 18.6 Å². The van der Waals surface area contributed by atoms with Crippen LogP contribution in [0.1, 0.15) is 78.1 Å². The molecule has 0 aliphatic rings. The Morgan fingerprint density at radius 2 is 1.58 bits per heavy atom. The molecule has 1 heterocycles. The lowest BCUT2D eigenvalue weighted by Crippen LogP contribution is -2.11. The Balaban J connectivity index is 2.04. The van der Waals surface area contributed by atoms with E-state index in [0.717, 1.165) is 31.1 Å². The zero-order valence-corrected chi connectivity index (χ0v) is 19.4. The summed E-state index contributed by atoms with van der Waals surface area (Å²) in [5.41, 5.74) is -0.0837. The zero-order valence-electron chi connectivity index (χ0n) is 19.4. The van der Waals surface area contributed by atoms with Gasteiger partial charge in [-0.05, 0) is 31.4 Å². The number of benzene rings is 1. The number of ether oxygens (including phenoxy) is 3. The zero-order chi connectivity index (χ0) is 22.3.